The average molecular weight is 475 g/mol. The third kappa shape index (κ3) is 6.67. The van der Waals surface area contributed by atoms with Gasteiger partial charge in [-0.1, -0.05) is 12.1 Å². The maximum Gasteiger partial charge on any atom is 0.139 e. The molecule has 0 N–H and O–H groups in total. The molecule has 6 aromatic heterocycles. The maximum atomic E-state index is 4.28. The van der Waals surface area contributed by atoms with E-state index in [9.17, 15) is 0 Å². The molecule has 36 heavy (non-hydrogen) atoms. The molecule has 0 atom stereocenters. The summed E-state index contributed by atoms with van der Waals surface area (Å²) in [5.41, 5.74) is 3.60. The lowest BCUT2D eigenvalue weighted by molar-refractivity contribution is 0.989. The molecule has 0 radical (unpaired) electrons. The maximum absolute atomic E-state index is 4.28. The summed E-state index contributed by atoms with van der Waals surface area (Å²) in [6.07, 6.45) is 17.4. The summed E-state index contributed by atoms with van der Waals surface area (Å²) in [6.45, 7) is 6.16. The molecule has 0 aliphatic rings. The van der Waals surface area contributed by atoms with Crippen LogP contribution < -0.4 is 0 Å². The van der Waals surface area contributed by atoms with Crippen LogP contribution in [-0.4, -0.2) is 28.7 Å². The van der Waals surface area contributed by atoms with Gasteiger partial charge in [-0.15, -0.1) is 0 Å². The molecule has 0 spiro atoms. The van der Waals surface area contributed by atoms with E-state index >= 15 is 0 Å². The molecule has 0 unspecified atom stereocenters. The van der Waals surface area contributed by atoms with Crippen LogP contribution in [0, 0.1) is 20.8 Å². The first-order chi connectivity index (χ1) is 17.6. The van der Waals surface area contributed by atoms with Crippen molar-refractivity contribution in [2.24, 2.45) is 0 Å². The Hall–Kier alpha value is -4.71. The summed E-state index contributed by atoms with van der Waals surface area (Å²) in [5.74, 6) is 2.94. The first-order valence-electron chi connectivity index (χ1n) is 11.8. The van der Waals surface area contributed by atoms with Gasteiger partial charge < -0.3 is 13.7 Å². The molecule has 0 aliphatic carbocycles. The van der Waals surface area contributed by atoms with E-state index < -0.39 is 0 Å². The number of hydrogen-bond acceptors (Lipinski definition) is 3. The van der Waals surface area contributed by atoms with E-state index in [0.29, 0.717) is 0 Å². The van der Waals surface area contributed by atoms with Crippen molar-refractivity contribution in [1.82, 2.24) is 28.7 Å². The van der Waals surface area contributed by atoms with Gasteiger partial charge in [0.2, 0.25) is 0 Å². The SMILES string of the molecule is Cc1ccc(-n2cccc2)nc1.Cc1cccnc1-n1cccc1.Cc1ccnc(-n2cccc2)c1. The third-order valence-corrected chi connectivity index (χ3v) is 5.37. The highest BCUT2D eigenvalue weighted by atomic mass is 15.0. The Morgan fingerprint density at radius 3 is 1.67 bits per heavy atom. The van der Waals surface area contributed by atoms with E-state index in [-0.39, 0.29) is 0 Å². The third-order valence-electron chi connectivity index (χ3n) is 5.37. The van der Waals surface area contributed by atoms with Crippen LogP contribution >= 0.6 is 0 Å². The Morgan fingerprint density at radius 1 is 0.500 bits per heavy atom. The molecule has 6 nitrogen and oxygen atoms in total. The Morgan fingerprint density at radius 2 is 1.11 bits per heavy atom. The zero-order chi connectivity index (χ0) is 25.2. The largest absolute Gasteiger partial charge is 0.309 e. The van der Waals surface area contributed by atoms with E-state index in [1.54, 1.807) is 0 Å². The first-order valence-corrected chi connectivity index (χ1v) is 11.8. The van der Waals surface area contributed by atoms with Crippen LogP contribution in [0.5, 0.6) is 0 Å². The van der Waals surface area contributed by atoms with Crippen molar-refractivity contribution in [3.05, 3.63) is 145 Å². The van der Waals surface area contributed by atoms with Crippen molar-refractivity contribution >= 4 is 0 Å². The highest BCUT2D eigenvalue weighted by molar-refractivity contribution is 5.32. The van der Waals surface area contributed by atoms with E-state index in [4.69, 9.17) is 0 Å². The van der Waals surface area contributed by atoms with Crippen molar-refractivity contribution < 1.29 is 0 Å². The molecular formula is C30H30N6. The van der Waals surface area contributed by atoms with Crippen LogP contribution in [0.1, 0.15) is 16.7 Å². The van der Waals surface area contributed by atoms with Gasteiger partial charge in [-0.25, -0.2) is 15.0 Å². The number of pyridine rings is 3. The minimum Gasteiger partial charge on any atom is -0.309 e. The van der Waals surface area contributed by atoms with Crippen LogP contribution in [0.2, 0.25) is 0 Å². The molecule has 6 heterocycles. The Balaban J connectivity index is 0.000000127. The molecule has 0 saturated heterocycles. The second-order valence-corrected chi connectivity index (χ2v) is 8.30. The molecule has 0 amide bonds. The van der Waals surface area contributed by atoms with Crippen LogP contribution in [0.4, 0.5) is 0 Å². The van der Waals surface area contributed by atoms with Crippen molar-refractivity contribution in [3.8, 4) is 17.5 Å². The monoisotopic (exact) mass is 474 g/mol. The molecule has 6 heteroatoms. The van der Waals surface area contributed by atoms with Gasteiger partial charge in [0.15, 0.2) is 0 Å². The second kappa shape index (κ2) is 12.1. The number of nitrogens with zero attached hydrogens (tertiary/aromatic N) is 6. The van der Waals surface area contributed by atoms with Gasteiger partial charge in [0.1, 0.15) is 17.5 Å². The highest BCUT2D eigenvalue weighted by Crippen LogP contribution is 2.09. The standard InChI is InChI=1S/3C10H10N2/c1-9-5-4-6-11-10(9)12-7-2-3-8-12;1-9-4-5-11-10(8-9)12-6-2-3-7-12;1-9-4-5-10(11-8-9)12-6-2-3-7-12/h3*2-8H,1H3. The predicted molar refractivity (Wildman–Crippen MR) is 145 cm³/mol. The molecule has 0 aromatic carbocycles. The molecule has 0 fully saturated rings. The summed E-state index contributed by atoms with van der Waals surface area (Å²) < 4.78 is 5.99. The summed E-state index contributed by atoms with van der Waals surface area (Å²) in [6, 6.07) is 24.1. The lowest BCUT2D eigenvalue weighted by Gasteiger charge is -2.03. The normalized spacial score (nSPS) is 10.1. The minimum atomic E-state index is 0.964. The van der Waals surface area contributed by atoms with Crippen molar-refractivity contribution in [2.45, 2.75) is 20.8 Å². The average Bonchev–Trinajstić information content (AvgIpc) is 3.70. The molecule has 6 rings (SSSR count). The van der Waals surface area contributed by atoms with Gasteiger partial charge >= 0.3 is 0 Å². The number of aryl methyl sites for hydroxylation is 3. The van der Waals surface area contributed by atoms with E-state index in [1.165, 1.54) is 16.7 Å². The summed E-state index contributed by atoms with van der Waals surface area (Å²) in [4.78, 5) is 12.8. The van der Waals surface area contributed by atoms with E-state index in [2.05, 4.69) is 47.0 Å². The van der Waals surface area contributed by atoms with Gasteiger partial charge in [0, 0.05) is 55.8 Å². The van der Waals surface area contributed by atoms with E-state index in [1.807, 2.05) is 131 Å². The molecule has 0 aliphatic heterocycles. The summed E-state index contributed by atoms with van der Waals surface area (Å²) in [7, 11) is 0. The lowest BCUT2D eigenvalue weighted by atomic mass is 10.3. The van der Waals surface area contributed by atoms with Crippen molar-refractivity contribution in [1.29, 1.82) is 0 Å². The quantitative estimate of drug-likeness (QED) is 0.293. The zero-order valence-corrected chi connectivity index (χ0v) is 20.8. The van der Waals surface area contributed by atoms with Crippen molar-refractivity contribution in [2.75, 3.05) is 0 Å². The highest BCUT2D eigenvalue weighted by Gasteiger charge is 1.98. The molecular weight excluding hydrogens is 444 g/mol. The number of hydrogen-bond donors (Lipinski definition) is 0. The Kier molecular flexibility index (Phi) is 8.22. The number of rotatable bonds is 3. The van der Waals surface area contributed by atoms with E-state index in [0.717, 1.165) is 17.5 Å². The van der Waals surface area contributed by atoms with Gasteiger partial charge in [0.05, 0.1) is 0 Å². The summed E-state index contributed by atoms with van der Waals surface area (Å²) >= 11 is 0. The van der Waals surface area contributed by atoms with Crippen LogP contribution in [0.15, 0.2) is 129 Å². The molecule has 6 aromatic rings. The Labute approximate surface area is 212 Å². The number of aromatic nitrogens is 6. The molecule has 0 bridgehead atoms. The lowest BCUT2D eigenvalue weighted by Crippen LogP contribution is -1.95. The van der Waals surface area contributed by atoms with Gasteiger partial charge in [0.25, 0.3) is 0 Å². The van der Waals surface area contributed by atoms with Crippen LogP contribution in [0.3, 0.4) is 0 Å². The smallest absolute Gasteiger partial charge is 0.139 e. The Bertz CT molecular complexity index is 1430. The van der Waals surface area contributed by atoms with Crippen molar-refractivity contribution in [3.63, 3.8) is 0 Å². The second-order valence-electron chi connectivity index (χ2n) is 8.30. The van der Waals surface area contributed by atoms with Gasteiger partial charge in [-0.05, 0) is 98.1 Å². The van der Waals surface area contributed by atoms with Gasteiger partial charge in [-0.2, -0.15) is 0 Å². The topological polar surface area (TPSA) is 53.5 Å². The zero-order valence-electron chi connectivity index (χ0n) is 20.8. The van der Waals surface area contributed by atoms with Gasteiger partial charge in [-0.3, -0.25) is 0 Å². The minimum absolute atomic E-state index is 0.964. The molecule has 180 valence electrons. The first kappa shape index (κ1) is 24.4. The van der Waals surface area contributed by atoms with Crippen LogP contribution in [0.25, 0.3) is 17.5 Å². The van der Waals surface area contributed by atoms with Crippen LogP contribution in [-0.2, 0) is 0 Å². The molecule has 0 saturated carbocycles. The predicted octanol–water partition coefficient (Wildman–Crippen LogP) is 6.54. The fourth-order valence-electron chi connectivity index (χ4n) is 3.47. The summed E-state index contributed by atoms with van der Waals surface area (Å²) in [5, 5.41) is 0. The fraction of sp³-hybridized carbons (Fsp3) is 0.100. The fourth-order valence-corrected chi connectivity index (χ4v) is 3.47.